The van der Waals surface area contributed by atoms with Crippen molar-refractivity contribution in [3.63, 3.8) is 0 Å². The molecular formula is C29H36FNO6. The molecule has 0 unspecified atom stereocenters. The topological polar surface area (TPSA) is 66.5 Å². The number of ether oxygens (including phenoxy) is 5. The minimum absolute atomic E-state index is 0.0600. The van der Waals surface area contributed by atoms with Gasteiger partial charge in [-0.15, -0.1) is 0 Å². The summed E-state index contributed by atoms with van der Waals surface area (Å²) in [4.78, 5) is 15.6. The van der Waals surface area contributed by atoms with Gasteiger partial charge >= 0.3 is 0 Å². The quantitative estimate of drug-likeness (QED) is 0.480. The number of hydrogen-bond acceptors (Lipinski definition) is 6. The van der Waals surface area contributed by atoms with Gasteiger partial charge in [0.25, 0.3) is 5.91 Å². The van der Waals surface area contributed by atoms with Crippen LogP contribution in [-0.4, -0.2) is 57.2 Å². The van der Waals surface area contributed by atoms with E-state index >= 15 is 4.39 Å². The first kappa shape index (κ1) is 26.1. The maximum atomic E-state index is 15.3. The molecule has 2 aromatic carbocycles. The molecule has 1 saturated carbocycles. The van der Waals surface area contributed by atoms with Gasteiger partial charge < -0.3 is 28.6 Å². The molecule has 2 aromatic rings. The molecule has 0 N–H and O–H groups in total. The second-order valence-electron chi connectivity index (χ2n) is 10.5. The summed E-state index contributed by atoms with van der Waals surface area (Å²) in [6.07, 6.45) is 2.63. The number of halogens is 1. The average Bonchev–Trinajstić information content (AvgIpc) is 3.44. The second kappa shape index (κ2) is 10.7. The average molecular weight is 514 g/mol. The van der Waals surface area contributed by atoms with Crippen LogP contribution in [0.15, 0.2) is 36.4 Å². The Morgan fingerprint density at radius 1 is 1.00 bits per heavy atom. The molecule has 2 heterocycles. The van der Waals surface area contributed by atoms with Crippen LogP contribution in [0.4, 0.5) is 4.39 Å². The predicted molar refractivity (Wildman–Crippen MR) is 135 cm³/mol. The van der Waals surface area contributed by atoms with Crippen molar-refractivity contribution in [1.82, 2.24) is 4.90 Å². The number of benzene rings is 2. The van der Waals surface area contributed by atoms with Crippen molar-refractivity contribution < 1.29 is 32.9 Å². The highest BCUT2D eigenvalue weighted by molar-refractivity contribution is 6.00. The number of rotatable bonds is 9. The summed E-state index contributed by atoms with van der Waals surface area (Å²) in [5.74, 6) is -0.447. The Balaban J connectivity index is 1.34. The summed E-state index contributed by atoms with van der Waals surface area (Å²) in [5, 5.41) is 0. The maximum Gasteiger partial charge on any atom is 0.257 e. The van der Waals surface area contributed by atoms with Crippen LogP contribution in [-0.2, 0) is 37.7 Å². The van der Waals surface area contributed by atoms with Crippen LogP contribution in [0, 0.1) is 11.7 Å². The second-order valence-corrected chi connectivity index (χ2v) is 10.5. The summed E-state index contributed by atoms with van der Waals surface area (Å²) < 4.78 is 43.7. The Labute approximate surface area is 217 Å². The van der Waals surface area contributed by atoms with Gasteiger partial charge in [0.05, 0.1) is 51.2 Å². The highest BCUT2D eigenvalue weighted by Crippen LogP contribution is 2.53. The Morgan fingerprint density at radius 3 is 2.35 bits per heavy atom. The number of methoxy groups -OCH3 is 2. The molecule has 7 nitrogen and oxygen atoms in total. The van der Waals surface area contributed by atoms with Crippen molar-refractivity contribution in [2.45, 2.75) is 57.1 Å². The van der Waals surface area contributed by atoms with Gasteiger partial charge in [0.2, 0.25) is 0 Å². The lowest BCUT2D eigenvalue weighted by molar-refractivity contribution is -0.193. The van der Waals surface area contributed by atoms with E-state index in [2.05, 4.69) is 6.92 Å². The largest absolute Gasteiger partial charge is 0.497 e. The van der Waals surface area contributed by atoms with Gasteiger partial charge in [-0.1, -0.05) is 25.1 Å². The van der Waals surface area contributed by atoms with E-state index in [4.69, 9.17) is 23.7 Å². The summed E-state index contributed by atoms with van der Waals surface area (Å²) >= 11 is 0. The molecule has 0 radical (unpaired) electrons. The Kier molecular flexibility index (Phi) is 7.54. The third-order valence-electron chi connectivity index (χ3n) is 7.91. The van der Waals surface area contributed by atoms with E-state index in [1.807, 2.05) is 35.2 Å². The van der Waals surface area contributed by atoms with Crippen molar-refractivity contribution in [1.29, 1.82) is 0 Å². The minimum atomic E-state index is -0.595. The SMILES string of the molecule is COCc1cc(F)c2c(c1)C1(CCC3(CC1)OCCO3)N(C[C@@H](C)COCc1ccc(OC)cc1)C2=O. The predicted octanol–water partition coefficient (Wildman–Crippen LogP) is 4.80. The smallest absolute Gasteiger partial charge is 0.257 e. The number of amides is 1. The lowest BCUT2D eigenvalue weighted by Crippen LogP contribution is -2.51. The molecule has 2 aliphatic heterocycles. The van der Waals surface area contributed by atoms with Crippen LogP contribution < -0.4 is 4.74 Å². The summed E-state index contributed by atoms with van der Waals surface area (Å²) in [6.45, 7) is 4.96. The van der Waals surface area contributed by atoms with Crippen molar-refractivity contribution in [3.05, 3.63) is 64.5 Å². The minimum Gasteiger partial charge on any atom is -0.497 e. The first-order valence-electron chi connectivity index (χ1n) is 13.0. The van der Waals surface area contributed by atoms with Crippen LogP contribution >= 0.6 is 0 Å². The fraction of sp³-hybridized carbons (Fsp3) is 0.552. The van der Waals surface area contributed by atoms with Gasteiger partial charge in [0, 0.05) is 26.5 Å². The first-order chi connectivity index (χ1) is 17.9. The Bertz CT molecular complexity index is 1100. The number of carbonyl (C=O) groups is 1. The number of carbonyl (C=O) groups excluding carboxylic acids is 1. The number of nitrogens with zero attached hydrogens (tertiary/aromatic N) is 1. The molecule has 2 fully saturated rings. The van der Waals surface area contributed by atoms with E-state index in [0.29, 0.717) is 65.3 Å². The van der Waals surface area contributed by atoms with Gasteiger partial charge in [-0.2, -0.15) is 0 Å². The van der Waals surface area contributed by atoms with E-state index in [0.717, 1.165) is 22.4 Å². The zero-order valence-electron chi connectivity index (χ0n) is 21.9. The van der Waals surface area contributed by atoms with Crippen LogP contribution in [0.3, 0.4) is 0 Å². The third-order valence-corrected chi connectivity index (χ3v) is 7.91. The van der Waals surface area contributed by atoms with Gasteiger partial charge in [-0.05, 0) is 53.6 Å². The molecule has 8 heteroatoms. The zero-order valence-corrected chi connectivity index (χ0v) is 21.9. The summed E-state index contributed by atoms with van der Waals surface area (Å²) in [7, 11) is 3.23. The van der Waals surface area contributed by atoms with E-state index in [-0.39, 0.29) is 17.4 Å². The van der Waals surface area contributed by atoms with E-state index in [1.165, 1.54) is 6.07 Å². The van der Waals surface area contributed by atoms with Crippen molar-refractivity contribution in [2.75, 3.05) is 40.6 Å². The van der Waals surface area contributed by atoms with Crippen LogP contribution in [0.25, 0.3) is 0 Å². The normalized spacial score (nSPS) is 20.5. The molecule has 1 amide bonds. The van der Waals surface area contributed by atoms with E-state index in [1.54, 1.807) is 14.2 Å². The standard InChI is InChI=1S/C29H36FNO6/c1-20(17-35-19-21-4-6-23(34-3)7-5-21)16-31-27(32)26-24(14-22(18-33-2)15-25(26)30)28(31)8-10-29(11-9-28)36-12-13-37-29/h4-7,14-15,20H,8-13,16-19H2,1-3H3/t20-/m1/s1. The van der Waals surface area contributed by atoms with Crippen LogP contribution in [0.1, 0.15) is 59.7 Å². The fourth-order valence-electron chi connectivity index (χ4n) is 6.06. The van der Waals surface area contributed by atoms with Gasteiger partial charge in [-0.3, -0.25) is 4.79 Å². The van der Waals surface area contributed by atoms with Gasteiger partial charge in [0.1, 0.15) is 11.6 Å². The number of fused-ring (bicyclic) bond motifs is 2. The third kappa shape index (κ3) is 5.00. The molecule has 37 heavy (non-hydrogen) atoms. The van der Waals surface area contributed by atoms with Crippen LogP contribution in [0.2, 0.25) is 0 Å². The van der Waals surface area contributed by atoms with Crippen LogP contribution in [0.5, 0.6) is 5.75 Å². The molecule has 5 rings (SSSR count). The monoisotopic (exact) mass is 513 g/mol. The Hall–Kier alpha value is -2.52. The molecule has 3 aliphatic rings. The molecule has 0 bridgehead atoms. The maximum absolute atomic E-state index is 15.3. The Morgan fingerprint density at radius 2 is 1.70 bits per heavy atom. The first-order valence-corrected chi connectivity index (χ1v) is 13.0. The molecular weight excluding hydrogens is 477 g/mol. The molecule has 1 atom stereocenters. The molecule has 1 aliphatic carbocycles. The lowest BCUT2D eigenvalue weighted by Gasteiger charge is -2.47. The van der Waals surface area contributed by atoms with Crippen molar-refractivity contribution >= 4 is 5.91 Å². The number of hydrogen-bond donors (Lipinski definition) is 0. The van der Waals surface area contributed by atoms with E-state index in [9.17, 15) is 4.79 Å². The highest BCUT2D eigenvalue weighted by Gasteiger charge is 2.56. The summed E-state index contributed by atoms with van der Waals surface area (Å²) in [6, 6.07) is 11.2. The van der Waals surface area contributed by atoms with E-state index < -0.39 is 17.1 Å². The summed E-state index contributed by atoms with van der Waals surface area (Å²) in [5.41, 5.74) is 2.15. The van der Waals surface area contributed by atoms with Gasteiger partial charge in [-0.25, -0.2) is 4.39 Å². The molecule has 2 spiro atoms. The lowest BCUT2D eigenvalue weighted by atomic mass is 9.73. The van der Waals surface area contributed by atoms with Gasteiger partial charge in [0.15, 0.2) is 5.79 Å². The highest BCUT2D eigenvalue weighted by atomic mass is 19.1. The zero-order chi connectivity index (χ0) is 26.0. The molecule has 200 valence electrons. The molecule has 0 aromatic heterocycles. The molecule has 1 saturated heterocycles. The fourth-order valence-corrected chi connectivity index (χ4v) is 6.06. The van der Waals surface area contributed by atoms with Crippen molar-refractivity contribution in [3.8, 4) is 5.75 Å². The van der Waals surface area contributed by atoms with Crippen molar-refractivity contribution in [2.24, 2.45) is 5.92 Å².